The SMILES string of the molecule is Cc1cccc(N2CC(c3nc4ccccc4n3CCOc3ccccc3)CC2=O)c1. The number of aromatic nitrogens is 2. The maximum absolute atomic E-state index is 12.9. The maximum atomic E-state index is 12.9. The Labute approximate surface area is 181 Å². The molecular weight excluding hydrogens is 386 g/mol. The minimum Gasteiger partial charge on any atom is -0.492 e. The Morgan fingerprint density at radius 1 is 1.00 bits per heavy atom. The number of nitrogens with zero attached hydrogens (tertiary/aromatic N) is 3. The molecule has 4 aromatic rings. The van der Waals surface area contributed by atoms with E-state index in [-0.39, 0.29) is 11.8 Å². The molecule has 1 fully saturated rings. The number of amides is 1. The molecule has 2 heterocycles. The molecule has 5 nitrogen and oxygen atoms in total. The van der Waals surface area contributed by atoms with E-state index in [0.717, 1.165) is 33.9 Å². The number of aryl methyl sites for hydroxylation is 1. The van der Waals surface area contributed by atoms with Gasteiger partial charge in [-0.15, -0.1) is 0 Å². The van der Waals surface area contributed by atoms with Crippen molar-refractivity contribution in [1.29, 1.82) is 0 Å². The number of fused-ring (bicyclic) bond motifs is 1. The van der Waals surface area contributed by atoms with Crippen LogP contribution in [0.2, 0.25) is 0 Å². The molecule has 0 radical (unpaired) electrons. The normalized spacial score (nSPS) is 16.2. The lowest BCUT2D eigenvalue weighted by Crippen LogP contribution is -2.24. The van der Waals surface area contributed by atoms with Crippen LogP contribution < -0.4 is 9.64 Å². The molecule has 1 saturated heterocycles. The van der Waals surface area contributed by atoms with Crippen molar-refractivity contribution in [2.45, 2.75) is 25.8 Å². The van der Waals surface area contributed by atoms with E-state index in [2.05, 4.69) is 16.7 Å². The summed E-state index contributed by atoms with van der Waals surface area (Å²) in [5, 5.41) is 0. The fourth-order valence-electron chi connectivity index (χ4n) is 4.34. The van der Waals surface area contributed by atoms with Crippen molar-refractivity contribution >= 4 is 22.6 Å². The van der Waals surface area contributed by atoms with E-state index in [1.165, 1.54) is 0 Å². The first-order valence-corrected chi connectivity index (χ1v) is 10.7. The van der Waals surface area contributed by atoms with Crippen molar-refractivity contribution in [3.05, 3.63) is 90.3 Å². The van der Waals surface area contributed by atoms with Gasteiger partial charge in [0.15, 0.2) is 0 Å². The number of carbonyl (C=O) groups excluding carboxylic acids is 1. The predicted molar refractivity (Wildman–Crippen MR) is 123 cm³/mol. The van der Waals surface area contributed by atoms with Gasteiger partial charge in [0, 0.05) is 24.6 Å². The third kappa shape index (κ3) is 3.91. The molecule has 0 saturated carbocycles. The van der Waals surface area contributed by atoms with Gasteiger partial charge in [0.1, 0.15) is 18.2 Å². The Hall–Kier alpha value is -3.60. The molecule has 31 heavy (non-hydrogen) atoms. The zero-order chi connectivity index (χ0) is 21.2. The van der Waals surface area contributed by atoms with E-state index >= 15 is 0 Å². The summed E-state index contributed by atoms with van der Waals surface area (Å²) >= 11 is 0. The first-order valence-electron chi connectivity index (χ1n) is 10.7. The topological polar surface area (TPSA) is 47.4 Å². The molecule has 1 unspecified atom stereocenters. The third-order valence-electron chi connectivity index (χ3n) is 5.81. The number of hydrogen-bond donors (Lipinski definition) is 0. The molecule has 156 valence electrons. The van der Waals surface area contributed by atoms with E-state index in [0.29, 0.717) is 26.1 Å². The number of benzene rings is 3. The van der Waals surface area contributed by atoms with E-state index in [1.807, 2.05) is 78.6 Å². The molecule has 3 aromatic carbocycles. The van der Waals surface area contributed by atoms with Gasteiger partial charge in [0.25, 0.3) is 0 Å². The highest BCUT2D eigenvalue weighted by Crippen LogP contribution is 2.33. The van der Waals surface area contributed by atoms with Crippen LogP contribution in [0.25, 0.3) is 11.0 Å². The number of anilines is 1. The highest BCUT2D eigenvalue weighted by Gasteiger charge is 2.34. The fraction of sp³-hybridized carbons (Fsp3) is 0.231. The Balaban J connectivity index is 1.41. The zero-order valence-electron chi connectivity index (χ0n) is 17.6. The molecule has 5 rings (SSSR count). The molecule has 1 amide bonds. The van der Waals surface area contributed by atoms with Crippen molar-refractivity contribution in [3.63, 3.8) is 0 Å². The quantitative estimate of drug-likeness (QED) is 0.451. The third-order valence-corrected chi connectivity index (χ3v) is 5.81. The maximum Gasteiger partial charge on any atom is 0.227 e. The van der Waals surface area contributed by atoms with Gasteiger partial charge in [-0.05, 0) is 48.9 Å². The second kappa shape index (κ2) is 8.26. The smallest absolute Gasteiger partial charge is 0.227 e. The zero-order valence-corrected chi connectivity index (χ0v) is 17.6. The molecule has 1 aliphatic heterocycles. The lowest BCUT2D eigenvalue weighted by molar-refractivity contribution is -0.117. The summed E-state index contributed by atoms with van der Waals surface area (Å²) < 4.78 is 8.16. The largest absolute Gasteiger partial charge is 0.492 e. The van der Waals surface area contributed by atoms with Gasteiger partial charge in [0.05, 0.1) is 17.6 Å². The first kappa shape index (κ1) is 19.4. The molecule has 0 spiro atoms. The minimum absolute atomic E-state index is 0.0529. The lowest BCUT2D eigenvalue weighted by atomic mass is 10.1. The summed E-state index contributed by atoms with van der Waals surface area (Å²) in [6.45, 7) is 3.92. The number of hydrogen-bond acceptors (Lipinski definition) is 3. The number of rotatable bonds is 6. The molecule has 0 aliphatic carbocycles. The van der Waals surface area contributed by atoms with Crippen LogP contribution in [0.15, 0.2) is 78.9 Å². The molecule has 5 heteroatoms. The van der Waals surface area contributed by atoms with Crippen molar-refractivity contribution in [3.8, 4) is 5.75 Å². The number of imidazole rings is 1. The van der Waals surface area contributed by atoms with E-state index < -0.39 is 0 Å². The summed E-state index contributed by atoms with van der Waals surface area (Å²) in [6, 6.07) is 26.1. The van der Waals surface area contributed by atoms with Gasteiger partial charge in [-0.2, -0.15) is 0 Å². The van der Waals surface area contributed by atoms with Gasteiger partial charge in [-0.25, -0.2) is 4.98 Å². The molecule has 1 atom stereocenters. The summed E-state index contributed by atoms with van der Waals surface area (Å²) in [5.41, 5.74) is 4.15. The number of ether oxygens (including phenoxy) is 1. The van der Waals surface area contributed by atoms with E-state index in [4.69, 9.17) is 9.72 Å². The first-order chi connectivity index (χ1) is 15.2. The summed E-state index contributed by atoms with van der Waals surface area (Å²) in [5.74, 6) is 2.02. The summed E-state index contributed by atoms with van der Waals surface area (Å²) in [4.78, 5) is 19.7. The minimum atomic E-state index is 0.0529. The van der Waals surface area contributed by atoms with Crippen molar-refractivity contribution < 1.29 is 9.53 Å². The van der Waals surface area contributed by atoms with Crippen molar-refractivity contribution in [1.82, 2.24) is 9.55 Å². The number of carbonyl (C=O) groups is 1. The molecule has 1 aliphatic rings. The Kier molecular flexibility index (Phi) is 5.16. The van der Waals surface area contributed by atoms with Crippen LogP contribution in [0.5, 0.6) is 5.75 Å². The molecule has 1 aromatic heterocycles. The van der Waals surface area contributed by atoms with Gasteiger partial charge in [0.2, 0.25) is 5.91 Å². The van der Waals surface area contributed by atoms with Crippen LogP contribution in [0, 0.1) is 6.92 Å². The van der Waals surface area contributed by atoms with Crippen LogP contribution in [0.4, 0.5) is 5.69 Å². The van der Waals surface area contributed by atoms with Crippen LogP contribution >= 0.6 is 0 Å². The lowest BCUT2D eigenvalue weighted by Gasteiger charge is -2.18. The summed E-state index contributed by atoms with van der Waals surface area (Å²) in [7, 11) is 0. The molecule has 0 bridgehead atoms. The van der Waals surface area contributed by atoms with Crippen LogP contribution in [0.3, 0.4) is 0 Å². The van der Waals surface area contributed by atoms with Gasteiger partial charge >= 0.3 is 0 Å². The average Bonchev–Trinajstić information content (AvgIpc) is 3.35. The van der Waals surface area contributed by atoms with E-state index in [9.17, 15) is 4.79 Å². The highest BCUT2D eigenvalue weighted by atomic mass is 16.5. The average molecular weight is 412 g/mol. The Morgan fingerprint density at radius 2 is 1.81 bits per heavy atom. The van der Waals surface area contributed by atoms with E-state index in [1.54, 1.807) is 0 Å². The second-order valence-corrected chi connectivity index (χ2v) is 8.02. The standard InChI is InChI=1S/C26H25N3O2/c1-19-8-7-9-21(16-19)29-18-20(17-25(29)30)26-27-23-12-5-6-13-24(23)28(26)14-15-31-22-10-3-2-4-11-22/h2-13,16,20H,14-15,17-18H2,1H3. The molecular formula is C26H25N3O2. The fourth-order valence-corrected chi connectivity index (χ4v) is 4.34. The Bertz CT molecular complexity index is 1220. The monoisotopic (exact) mass is 411 g/mol. The van der Waals surface area contributed by atoms with Crippen molar-refractivity contribution in [2.24, 2.45) is 0 Å². The highest BCUT2D eigenvalue weighted by molar-refractivity contribution is 5.96. The van der Waals surface area contributed by atoms with Crippen LogP contribution in [0.1, 0.15) is 23.7 Å². The van der Waals surface area contributed by atoms with Gasteiger partial charge < -0.3 is 14.2 Å². The van der Waals surface area contributed by atoms with Crippen molar-refractivity contribution in [2.75, 3.05) is 18.1 Å². The Morgan fingerprint density at radius 3 is 2.65 bits per heavy atom. The predicted octanol–water partition coefficient (Wildman–Crippen LogP) is 4.94. The van der Waals surface area contributed by atoms with Crippen LogP contribution in [-0.2, 0) is 11.3 Å². The van der Waals surface area contributed by atoms with Gasteiger partial charge in [-0.3, -0.25) is 4.79 Å². The second-order valence-electron chi connectivity index (χ2n) is 8.02. The van der Waals surface area contributed by atoms with Crippen LogP contribution in [-0.4, -0.2) is 28.6 Å². The summed E-state index contributed by atoms with van der Waals surface area (Å²) in [6.07, 6.45) is 0.469. The molecule has 0 N–H and O–H groups in total. The van der Waals surface area contributed by atoms with Gasteiger partial charge in [-0.1, -0.05) is 42.5 Å². The number of para-hydroxylation sites is 3.